The zero-order valence-corrected chi connectivity index (χ0v) is 8.72. The number of hydrogen-bond donors (Lipinski definition) is 3. The van der Waals surface area contributed by atoms with E-state index in [-0.39, 0.29) is 0 Å². The Labute approximate surface area is 72.3 Å². The van der Waals surface area contributed by atoms with E-state index in [4.69, 9.17) is 0 Å². The molecule has 3 heteroatoms. The smallest absolute Gasteiger partial charge is 0.0195 e. The Hall–Kier alpha value is -0.120. The molecule has 0 aromatic carbocycles. The fourth-order valence-corrected chi connectivity index (χ4v) is 0.289. The minimum Gasteiger partial charge on any atom is -0.333 e. The lowest BCUT2D eigenvalue weighted by Crippen LogP contribution is -1.69. The zero-order chi connectivity index (χ0) is 10.1. The summed E-state index contributed by atoms with van der Waals surface area (Å²) in [4.78, 5) is 0. The molecular weight excluding hydrogens is 138 g/mol. The summed E-state index contributed by atoms with van der Waals surface area (Å²) in [5.74, 6) is 0. The number of hydrogen-bond acceptors (Lipinski definition) is 3. The van der Waals surface area contributed by atoms with Crippen molar-refractivity contribution in [1.29, 1.82) is 0 Å². The van der Waals surface area contributed by atoms with Crippen LogP contribution in [-0.4, -0.2) is 21.1 Å². The molecule has 0 fully saturated rings. The second-order valence-corrected chi connectivity index (χ2v) is 1.20. The maximum absolute atomic E-state index is 4.50. The summed E-state index contributed by atoms with van der Waals surface area (Å²) in [5, 5.41) is 0. The first kappa shape index (κ1) is 22.4. The van der Waals surface area contributed by atoms with Crippen molar-refractivity contribution in [2.24, 2.45) is 17.2 Å². The Balaban J connectivity index is -0.0000000350. The van der Waals surface area contributed by atoms with Crippen molar-refractivity contribution >= 4 is 0 Å². The van der Waals surface area contributed by atoms with Gasteiger partial charge in [0, 0.05) is 0 Å². The summed E-state index contributed by atoms with van der Waals surface area (Å²) in [5.41, 5.74) is 13.5. The van der Waals surface area contributed by atoms with Crippen LogP contribution >= 0.6 is 0 Å². The lowest BCUT2D eigenvalue weighted by Gasteiger charge is -1.78. The molecule has 6 N–H and O–H groups in total. The van der Waals surface area contributed by atoms with Crippen LogP contribution in [-0.2, 0) is 0 Å². The molecule has 0 unspecified atom stereocenters. The minimum absolute atomic E-state index is 1.26. The first-order valence-electron chi connectivity index (χ1n) is 3.92. The standard InChI is InChI=1S/C5H11.3CH5N/c1-3-5-4-2;3*1-2/h3H,4-5H2,1-2H3;3*2H2,1H3. The second kappa shape index (κ2) is 93.9. The SMILES string of the molecule is CN.CN.CN.C[CH]CCC. The molecule has 73 valence electrons. The van der Waals surface area contributed by atoms with Gasteiger partial charge in [-0.25, -0.2) is 0 Å². The van der Waals surface area contributed by atoms with Gasteiger partial charge in [-0.05, 0) is 27.6 Å². The number of rotatable bonds is 2. The molecule has 0 saturated carbocycles. The number of unbranched alkanes of at least 4 members (excludes halogenated alkanes) is 2. The first-order chi connectivity index (χ1) is 5.41. The average molecular weight is 164 g/mol. The summed E-state index contributed by atoms with van der Waals surface area (Å²) in [6, 6.07) is 0. The molecule has 11 heavy (non-hydrogen) atoms. The van der Waals surface area contributed by atoms with E-state index in [0.29, 0.717) is 0 Å². The normalized spacial score (nSPS) is 5.45. The molecule has 1 radical (unpaired) electrons. The minimum atomic E-state index is 1.26. The van der Waals surface area contributed by atoms with Crippen LogP contribution in [0.25, 0.3) is 0 Å². The molecule has 0 aliphatic carbocycles. The molecule has 0 heterocycles. The van der Waals surface area contributed by atoms with Gasteiger partial charge < -0.3 is 17.2 Å². The van der Waals surface area contributed by atoms with Crippen molar-refractivity contribution in [3.8, 4) is 0 Å². The average Bonchev–Trinajstić information content (AvgIpc) is 2.16. The van der Waals surface area contributed by atoms with Gasteiger partial charge in [-0.1, -0.05) is 26.7 Å². The molecule has 0 saturated heterocycles. The monoisotopic (exact) mass is 164 g/mol. The lowest BCUT2D eigenvalue weighted by atomic mass is 10.3. The van der Waals surface area contributed by atoms with Gasteiger partial charge in [-0.3, -0.25) is 0 Å². The Kier molecular flexibility index (Phi) is 192. The van der Waals surface area contributed by atoms with Gasteiger partial charge in [0.2, 0.25) is 0 Å². The van der Waals surface area contributed by atoms with Gasteiger partial charge in [-0.2, -0.15) is 0 Å². The van der Waals surface area contributed by atoms with Crippen molar-refractivity contribution in [3.05, 3.63) is 6.42 Å². The third kappa shape index (κ3) is 174. The molecule has 0 aromatic rings. The summed E-state index contributed by atoms with van der Waals surface area (Å²) in [6.07, 6.45) is 4.73. The van der Waals surface area contributed by atoms with E-state index < -0.39 is 0 Å². The van der Waals surface area contributed by atoms with Crippen molar-refractivity contribution in [3.63, 3.8) is 0 Å². The predicted octanol–water partition coefficient (Wildman–Crippen LogP) is 0.735. The molecule has 0 aromatic heterocycles. The van der Waals surface area contributed by atoms with Crippen molar-refractivity contribution in [1.82, 2.24) is 0 Å². The highest BCUT2D eigenvalue weighted by molar-refractivity contribution is 4.50. The highest BCUT2D eigenvalue weighted by atomic mass is 14.4. The van der Waals surface area contributed by atoms with E-state index >= 15 is 0 Å². The van der Waals surface area contributed by atoms with Gasteiger partial charge in [0.1, 0.15) is 0 Å². The Bertz CT molecular complexity index is 16.8. The van der Waals surface area contributed by atoms with Crippen LogP contribution < -0.4 is 17.2 Å². The van der Waals surface area contributed by atoms with Crippen molar-refractivity contribution in [2.75, 3.05) is 21.1 Å². The van der Waals surface area contributed by atoms with E-state index in [9.17, 15) is 0 Å². The van der Waals surface area contributed by atoms with Crippen molar-refractivity contribution in [2.45, 2.75) is 26.7 Å². The molecule has 0 aliphatic heterocycles. The van der Waals surface area contributed by atoms with Crippen LogP contribution in [0.4, 0.5) is 0 Å². The molecule has 0 bridgehead atoms. The molecule has 0 atom stereocenters. The molecule has 0 aliphatic rings. The Morgan fingerprint density at radius 1 is 0.909 bits per heavy atom. The van der Waals surface area contributed by atoms with E-state index in [1.807, 2.05) is 0 Å². The van der Waals surface area contributed by atoms with Crippen LogP contribution in [0.2, 0.25) is 0 Å². The van der Waals surface area contributed by atoms with Crippen LogP contribution in [0.1, 0.15) is 26.7 Å². The van der Waals surface area contributed by atoms with Crippen LogP contribution in [0.5, 0.6) is 0 Å². The summed E-state index contributed by atoms with van der Waals surface area (Å²) in [7, 11) is 4.50. The quantitative estimate of drug-likeness (QED) is 0.563. The van der Waals surface area contributed by atoms with Gasteiger partial charge in [0.25, 0.3) is 0 Å². The summed E-state index contributed by atoms with van der Waals surface area (Å²) in [6.45, 7) is 4.27. The fourth-order valence-electron chi connectivity index (χ4n) is 0.289. The summed E-state index contributed by atoms with van der Waals surface area (Å²) < 4.78 is 0. The van der Waals surface area contributed by atoms with E-state index in [2.05, 4.69) is 37.5 Å². The maximum Gasteiger partial charge on any atom is -0.0195 e. The Morgan fingerprint density at radius 2 is 1.18 bits per heavy atom. The molecule has 0 rings (SSSR count). The van der Waals surface area contributed by atoms with Crippen molar-refractivity contribution < 1.29 is 0 Å². The fraction of sp³-hybridized carbons (Fsp3) is 0.875. The third-order valence-electron chi connectivity index (χ3n) is 0.577. The van der Waals surface area contributed by atoms with E-state index in [1.165, 1.54) is 34.0 Å². The van der Waals surface area contributed by atoms with Gasteiger partial charge >= 0.3 is 0 Å². The largest absolute Gasteiger partial charge is 0.333 e. The highest BCUT2D eigenvalue weighted by Gasteiger charge is 1.68. The van der Waals surface area contributed by atoms with Gasteiger partial charge in [0.15, 0.2) is 0 Å². The van der Waals surface area contributed by atoms with Crippen LogP contribution in [0.3, 0.4) is 0 Å². The Morgan fingerprint density at radius 3 is 1.18 bits per heavy atom. The van der Waals surface area contributed by atoms with Gasteiger partial charge in [-0.15, -0.1) is 0 Å². The van der Waals surface area contributed by atoms with Crippen LogP contribution in [0.15, 0.2) is 0 Å². The lowest BCUT2D eigenvalue weighted by molar-refractivity contribution is 0.901. The zero-order valence-electron chi connectivity index (χ0n) is 8.72. The molecular formula is C8H26N3. The first-order valence-corrected chi connectivity index (χ1v) is 3.92. The molecule has 0 spiro atoms. The second-order valence-electron chi connectivity index (χ2n) is 1.20. The molecule has 3 nitrogen and oxygen atoms in total. The topological polar surface area (TPSA) is 78.1 Å². The summed E-state index contributed by atoms with van der Waals surface area (Å²) >= 11 is 0. The third-order valence-corrected chi connectivity index (χ3v) is 0.577. The van der Waals surface area contributed by atoms with E-state index in [1.54, 1.807) is 0 Å². The maximum atomic E-state index is 4.50. The molecule has 0 amide bonds. The highest BCUT2D eigenvalue weighted by Crippen LogP contribution is 1.86. The van der Waals surface area contributed by atoms with E-state index in [0.717, 1.165) is 0 Å². The van der Waals surface area contributed by atoms with Gasteiger partial charge in [0.05, 0.1) is 0 Å². The van der Waals surface area contributed by atoms with Crippen LogP contribution in [0, 0.1) is 6.42 Å². The number of nitrogens with two attached hydrogens (primary N) is 3. The predicted molar refractivity (Wildman–Crippen MR) is 55.2 cm³/mol.